The summed E-state index contributed by atoms with van der Waals surface area (Å²) in [4.78, 5) is 85.0. The number of carbonyl (C=O) groups excluding carboxylic acids is 2. The average Bonchev–Trinajstić information content (AvgIpc) is 1.35. The number of carbonyl (C=O) groups is 2. The van der Waals surface area contributed by atoms with Gasteiger partial charge in [0.1, 0.15) is 25.4 Å². The third-order valence-electron chi connectivity index (χ3n) is 17.4. The third-order valence-corrected chi connectivity index (χ3v) is 21.9. The number of hydrogen-bond donors (Lipinski definition) is 8. The van der Waals surface area contributed by atoms with Gasteiger partial charge in [-0.15, -0.1) is 0 Å². The zero-order chi connectivity index (χ0) is 61.0. The van der Waals surface area contributed by atoms with Crippen LogP contribution in [-0.2, 0) is 54.6 Å². The summed E-state index contributed by atoms with van der Waals surface area (Å²) in [7, 11) is -14.4. The van der Waals surface area contributed by atoms with E-state index in [-0.39, 0.29) is 59.3 Å². The number of nitrogen functional groups attached to an aromatic ring is 1. The number of rotatable bonds is 23. The lowest BCUT2D eigenvalue weighted by atomic mass is 9.64. The smallest absolute Gasteiger partial charge is 0.390 e. The van der Waals surface area contributed by atoms with Gasteiger partial charge in [0.15, 0.2) is 11.2 Å². The van der Waals surface area contributed by atoms with Crippen LogP contribution >= 0.6 is 23.4 Å². The van der Waals surface area contributed by atoms with Crippen LogP contribution in [0.15, 0.2) is 53.6 Å². The molecule has 9 N–H and O–H groups in total. The number of aliphatic hydroxyl groups excluding tert-OH is 1. The minimum Gasteiger partial charge on any atom is -0.390 e. The zero-order valence-electron chi connectivity index (χ0n) is 49.3. The van der Waals surface area contributed by atoms with E-state index in [2.05, 4.69) is 109 Å². The van der Waals surface area contributed by atoms with Gasteiger partial charge in [0.25, 0.3) is 11.5 Å². The summed E-state index contributed by atoms with van der Waals surface area (Å²) in [6.07, 6.45) is 5.63. The molecular weight excluding hydrogens is 1150 g/mol. The number of H-pyrrole nitrogens is 1. The second-order valence-electron chi connectivity index (χ2n) is 24.3. The molecule has 24 nitrogen and oxygen atoms in total. The summed E-state index contributed by atoms with van der Waals surface area (Å²) in [5.41, 5.74) is 16.8. The Hall–Kier alpha value is -5.45. The van der Waals surface area contributed by atoms with E-state index in [1.165, 1.54) is 60.5 Å². The van der Waals surface area contributed by atoms with Crippen molar-refractivity contribution in [1.29, 1.82) is 0 Å². The van der Waals surface area contributed by atoms with E-state index < -0.39 is 54.0 Å². The Morgan fingerprint density at radius 1 is 0.965 bits per heavy atom. The van der Waals surface area contributed by atoms with Crippen molar-refractivity contribution in [2.45, 2.75) is 154 Å². The molecule has 2 aromatic heterocycles. The van der Waals surface area contributed by atoms with Crippen molar-refractivity contribution in [2.24, 2.45) is 0 Å². The number of phosphoric ester groups is 1. The first kappa shape index (κ1) is 62.6. The van der Waals surface area contributed by atoms with Crippen molar-refractivity contribution < 1.29 is 61.0 Å². The van der Waals surface area contributed by atoms with Crippen LogP contribution in [0.5, 0.6) is 0 Å². The molecule has 10 rings (SSSR count). The van der Waals surface area contributed by atoms with Crippen molar-refractivity contribution in [3.8, 4) is 0 Å². The molecule has 7 atom stereocenters. The van der Waals surface area contributed by atoms with Gasteiger partial charge in [-0.1, -0.05) is 51.8 Å². The molecular formula is C58H80N10O14P3+. The van der Waals surface area contributed by atoms with Gasteiger partial charge in [0, 0.05) is 92.2 Å². The monoisotopic (exact) mass is 1230 g/mol. The van der Waals surface area contributed by atoms with Gasteiger partial charge in [-0.2, -0.15) is 13.6 Å². The van der Waals surface area contributed by atoms with Crippen molar-refractivity contribution in [1.82, 2.24) is 39.4 Å². The van der Waals surface area contributed by atoms with Crippen LogP contribution in [0.25, 0.3) is 16.7 Å². The number of aliphatic hydroxyl groups is 1. The molecule has 460 valence electrons. The highest BCUT2D eigenvalue weighted by molar-refractivity contribution is 7.67. The molecule has 3 aromatic carbocycles. The highest BCUT2D eigenvalue weighted by atomic mass is 31.3. The number of nitrogens with two attached hydrogens (primary N) is 1. The molecule has 0 saturated carbocycles. The highest BCUT2D eigenvalue weighted by Crippen LogP contribution is 2.66. The maximum absolute atomic E-state index is 14.8. The molecule has 0 bridgehead atoms. The quantitative estimate of drug-likeness (QED) is 0.0214. The number of fused-ring (bicyclic) bond motifs is 5. The normalized spacial score (nSPS) is 22.4. The van der Waals surface area contributed by atoms with Gasteiger partial charge < -0.3 is 45.4 Å². The predicted molar refractivity (Wildman–Crippen MR) is 320 cm³/mol. The van der Waals surface area contributed by atoms with Crippen molar-refractivity contribution >= 4 is 63.6 Å². The minimum atomic E-state index is -5.71. The number of imidazole rings is 1. The van der Waals surface area contributed by atoms with Crippen LogP contribution in [0.2, 0.25) is 0 Å². The first-order valence-corrected chi connectivity index (χ1v) is 34.0. The lowest BCUT2D eigenvalue weighted by Gasteiger charge is -2.48. The van der Waals surface area contributed by atoms with E-state index in [9.17, 15) is 47.9 Å². The highest BCUT2D eigenvalue weighted by Gasteiger charge is 2.45. The van der Waals surface area contributed by atoms with Crippen molar-refractivity contribution in [2.75, 3.05) is 63.6 Å². The number of aromatic amines is 1. The molecule has 1 aliphatic carbocycles. The van der Waals surface area contributed by atoms with Crippen LogP contribution in [-0.4, -0.2) is 127 Å². The van der Waals surface area contributed by atoms with E-state index in [0.717, 1.165) is 62.9 Å². The van der Waals surface area contributed by atoms with E-state index in [1.807, 2.05) is 18.2 Å². The minimum absolute atomic E-state index is 0.000886. The summed E-state index contributed by atoms with van der Waals surface area (Å²) in [5, 5.41) is 18.3. The first-order valence-electron chi connectivity index (χ1n) is 29.4. The molecule has 2 amide bonds. The van der Waals surface area contributed by atoms with Crippen LogP contribution in [0.4, 0.5) is 11.6 Å². The number of aryl methyl sites for hydroxylation is 1. The average molecular weight is 1230 g/mol. The molecule has 5 aromatic rings. The van der Waals surface area contributed by atoms with Gasteiger partial charge in [-0.05, 0) is 128 Å². The van der Waals surface area contributed by atoms with E-state index in [4.69, 9.17) is 15.0 Å². The van der Waals surface area contributed by atoms with Crippen LogP contribution < -0.4 is 41.7 Å². The number of hydrogen-bond acceptors (Lipinski definition) is 15. The molecule has 5 aliphatic rings. The maximum Gasteiger partial charge on any atom is 0.489 e. The molecule has 1 saturated heterocycles. The van der Waals surface area contributed by atoms with Crippen LogP contribution in [0.1, 0.15) is 167 Å². The van der Waals surface area contributed by atoms with E-state index >= 15 is 0 Å². The molecule has 0 spiro atoms. The van der Waals surface area contributed by atoms with Crippen molar-refractivity contribution in [3.63, 3.8) is 0 Å². The Balaban J connectivity index is 0.694. The van der Waals surface area contributed by atoms with Crippen molar-refractivity contribution in [3.05, 3.63) is 114 Å². The van der Waals surface area contributed by atoms with Gasteiger partial charge in [0.05, 0.1) is 19.0 Å². The fourth-order valence-corrected chi connectivity index (χ4v) is 17.4. The molecule has 85 heavy (non-hydrogen) atoms. The SMILES string of the molecule is CCN1c2cc3c(cc2C(C)CC1(C)C)C(c1ccccc1C(=O)N(C)CCCC(=O)NCCCCCCNP(=O)(O)OP(=O)(O)OP(=O)(O)OC[C@H]1O[C@@H](n2cnc4c(=O)[nH]c(N)nc42)C[C@@H]1O)=c1cc2c4c(c1C3(C)C)CCC[N+]=4CCC2. The largest absolute Gasteiger partial charge is 0.489 e. The molecule has 4 aliphatic heterocycles. The maximum atomic E-state index is 14.8. The Morgan fingerprint density at radius 3 is 2.45 bits per heavy atom. The number of anilines is 2. The van der Waals surface area contributed by atoms with Crippen LogP contribution in [0.3, 0.4) is 0 Å². The van der Waals surface area contributed by atoms with Gasteiger partial charge in [-0.3, -0.25) is 28.5 Å². The Kier molecular flexibility index (Phi) is 18.1. The summed E-state index contributed by atoms with van der Waals surface area (Å²) in [5.74, 6) is -0.117. The third kappa shape index (κ3) is 13.1. The molecule has 27 heteroatoms. The summed E-state index contributed by atoms with van der Waals surface area (Å²) < 4.78 is 60.7. The van der Waals surface area contributed by atoms with Crippen LogP contribution in [0, 0.1) is 0 Å². The number of amides is 2. The molecule has 1 fully saturated rings. The number of nitrogens with one attached hydrogen (secondary N) is 3. The molecule has 4 unspecified atom stereocenters. The first-order chi connectivity index (χ1) is 40.2. The Bertz CT molecular complexity index is 3770. The van der Waals surface area contributed by atoms with Gasteiger partial charge in [-0.25, -0.2) is 28.3 Å². The van der Waals surface area contributed by atoms with Gasteiger partial charge in [0.2, 0.25) is 17.2 Å². The summed E-state index contributed by atoms with van der Waals surface area (Å²) in [6, 6.07) is 15.5. The summed E-state index contributed by atoms with van der Waals surface area (Å²) >= 11 is 0. The number of benzene rings is 3. The lowest BCUT2D eigenvalue weighted by molar-refractivity contribution is -0.121. The number of ether oxygens (including phenoxy) is 1. The summed E-state index contributed by atoms with van der Waals surface area (Å²) in [6.45, 7) is 16.9. The fourth-order valence-electron chi connectivity index (χ4n) is 13.7. The number of nitrogens with zero attached hydrogens (tertiary/aromatic N) is 6. The fraction of sp³-hybridized carbons (Fsp3) is 0.552. The Labute approximate surface area is 493 Å². The molecule has 0 radical (unpaired) electrons. The number of unbranched alkanes of at least 4 members (excludes halogenated alkanes) is 3. The topological polar surface area (TPSA) is 326 Å². The van der Waals surface area contributed by atoms with E-state index in [1.54, 1.807) is 11.9 Å². The number of aromatic nitrogens is 4. The predicted octanol–water partition coefficient (Wildman–Crippen LogP) is 5.90. The zero-order valence-corrected chi connectivity index (χ0v) is 52.0. The number of phosphoric acid groups is 2. The second kappa shape index (κ2) is 24.6. The molecule has 6 heterocycles. The Morgan fingerprint density at radius 2 is 1.69 bits per heavy atom. The lowest BCUT2D eigenvalue weighted by Crippen LogP contribution is -2.50. The second-order valence-corrected chi connectivity index (χ2v) is 29.1. The standard InChI is InChI=1S/C58H79N10O14P3/c1-8-68-44-30-43-41(29-40(44)35(2)32-57(68,3)4)49(42-28-36-18-15-26-66-27-16-21-39(52(36)66)50(42)58(43,5)6)37-19-11-12-20-38(37)55(72)65(7)25-17-22-47(70)60-23-13-9-10-14-24-62-83(73,74)81-85(77,78)82-84(75,76)79-33-46-45(69)31-48(80-46)67-34-61-51-53(67)63-56(59)64-54(51)71/h11-12,19-20,28-30,34-35,45-46,48,69H,8-10,13-18,21-27,31-33H2,1-7H3,(H7-,59,60,62,63,64,70,71,73,74,75,76,77,78)/p+1/t35?,45-,46+,48+/m0/s1. The van der Waals surface area contributed by atoms with Gasteiger partial charge >= 0.3 is 23.4 Å². The van der Waals surface area contributed by atoms with E-state index in [0.29, 0.717) is 56.7 Å².